The topological polar surface area (TPSA) is 46.9 Å². The van der Waals surface area contributed by atoms with E-state index in [2.05, 4.69) is 54.7 Å². The minimum atomic E-state index is -0.0199. The molecule has 2 aromatic rings. The zero-order chi connectivity index (χ0) is 15.9. The SMILES string of the molecule is C.Cc1ccc2nc(NC(=O)CC(C)(C)C)n(C3CCC3)c2c1. The maximum atomic E-state index is 12.3. The molecule has 0 aliphatic heterocycles. The second-order valence-corrected chi connectivity index (χ2v) is 7.67. The molecule has 0 saturated heterocycles. The quantitative estimate of drug-likeness (QED) is 0.858. The molecule has 23 heavy (non-hydrogen) atoms. The first-order chi connectivity index (χ1) is 10.3. The molecule has 1 heterocycles. The largest absolute Gasteiger partial charge is 0.307 e. The van der Waals surface area contributed by atoms with Gasteiger partial charge in [-0.05, 0) is 49.3 Å². The zero-order valence-corrected chi connectivity index (χ0v) is 13.9. The number of amides is 1. The van der Waals surface area contributed by atoms with Crippen molar-refractivity contribution in [2.75, 3.05) is 5.32 Å². The Morgan fingerprint density at radius 2 is 2.04 bits per heavy atom. The van der Waals surface area contributed by atoms with Gasteiger partial charge in [0.2, 0.25) is 11.9 Å². The number of benzene rings is 1. The molecule has 0 unspecified atom stereocenters. The van der Waals surface area contributed by atoms with E-state index in [9.17, 15) is 4.79 Å². The van der Waals surface area contributed by atoms with Gasteiger partial charge < -0.3 is 4.57 Å². The van der Waals surface area contributed by atoms with Gasteiger partial charge in [-0.3, -0.25) is 10.1 Å². The third-order valence-electron chi connectivity index (χ3n) is 4.23. The molecule has 1 saturated carbocycles. The van der Waals surface area contributed by atoms with Crippen LogP contribution in [0.2, 0.25) is 0 Å². The highest BCUT2D eigenvalue weighted by Crippen LogP contribution is 2.37. The molecule has 1 aromatic carbocycles. The van der Waals surface area contributed by atoms with Crippen molar-refractivity contribution in [2.24, 2.45) is 5.41 Å². The lowest BCUT2D eigenvalue weighted by Crippen LogP contribution is -2.24. The number of aromatic nitrogens is 2. The van der Waals surface area contributed by atoms with E-state index >= 15 is 0 Å². The van der Waals surface area contributed by atoms with Gasteiger partial charge in [-0.2, -0.15) is 0 Å². The number of imidazole rings is 1. The van der Waals surface area contributed by atoms with Gasteiger partial charge in [-0.1, -0.05) is 34.3 Å². The number of nitrogens with zero attached hydrogens (tertiary/aromatic N) is 2. The molecule has 0 bridgehead atoms. The summed E-state index contributed by atoms with van der Waals surface area (Å²) in [4.78, 5) is 16.9. The summed E-state index contributed by atoms with van der Waals surface area (Å²) in [5.74, 6) is 0.750. The lowest BCUT2D eigenvalue weighted by atomic mass is 9.92. The third kappa shape index (κ3) is 3.74. The van der Waals surface area contributed by atoms with Gasteiger partial charge in [-0.15, -0.1) is 0 Å². The van der Waals surface area contributed by atoms with E-state index in [0.29, 0.717) is 18.4 Å². The molecule has 1 fully saturated rings. The number of carbonyl (C=O) groups is 1. The van der Waals surface area contributed by atoms with Crippen LogP contribution in [0.25, 0.3) is 11.0 Å². The summed E-state index contributed by atoms with van der Waals surface area (Å²) in [5, 5.41) is 3.04. The highest BCUT2D eigenvalue weighted by molar-refractivity contribution is 5.92. The van der Waals surface area contributed by atoms with Gasteiger partial charge in [0.1, 0.15) is 0 Å². The third-order valence-corrected chi connectivity index (χ3v) is 4.23. The first-order valence-corrected chi connectivity index (χ1v) is 8.12. The summed E-state index contributed by atoms with van der Waals surface area (Å²) >= 11 is 0. The number of carbonyl (C=O) groups excluding carboxylic acids is 1. The molecule has 126 valence electrons. The standard InChI is InChI=1S/C18H25N3O.CH4/c1-12-8-9-14-15(10-12)21(13-6-5-7-13)17(19-14)20-16(22)11-18(2,3)4;/h8-10,13H,5-7,11H2,1-4H3,(H,19,20,22);1H4. The van der Waals surface area contributed by atoms with Crippen molar-refractivity contribution in [3.05, 3.63) is 23.8 Å². The fraction of sp³-hybridized carbons (Fsp3) is 0.579. The van der Waals surface area contributed by atoms with Crippen LogP contribution in [0.4, 0.5) is 5.95 Å². The number of nitrogens with one attached hydrogen (secondary N) is 1. The molecule has 0 spiro atoms. The Hall–Kier alpha value is -1.84. The smallest absolute Gasteiger partial charge is 0.227 e. The summed E-state index contributed by atoms with van der Waals surface area (Å²) in [6, 6.07) is 6.75. The van der Waals surface area contributed by atoms with E-state index in [1.54, 1.807) is 0 Å². The molecule has 0 radical (unpaired) electrons. The van der Waals surface area contributed by atoms with Gasteiger partial charge in [-0.25, -0.2) is 4.98 Å². The highest BCUT2D eigenvalue weighted by Gasteiger charge is 2.26. The van der Waals surface area contributed by atoms with Gasteiger partial charge in [0.15, 0.2) is 0 Å². The second-order valence-electron chi connectivity index (χ2n) is 7.67. The van der Waals surface area contributed by atoms with E-state index < -0.39 is 0 Å². The number of hydrogen-bond donors (Lipinski definition) is 1. The van der Waals surface area contributed by atoms with Crippen molar-refractivity contribution in [1.82, 2.24) is 9.55 Å². The van der Waals surface area contributed by atoms with Crippen molar-refractivity contribution in [3.63, 3.8) is 0 Å². The Kier molecular flexibility index (Phi) is 4.83. The summed E-state index contributed by atoms with van der Waals surface area (Å²) in [7, 11) is 0. The van der Waals surface area contributed by atoms with E-state index in [-0.39, 0.29) is 18.7 Å². The normalized spacial score (nSPS) is 15.1. The van der Waals surface area contributed by atoms with Crippen LogP contribution in [0, 0.1) is 12.3 Å². The minimum absolute atomic E-state index is 0. The fourth-order valence-corrected chi connectivity index (χ4v) is 2.96. The predicted molar refractivity (Wildman–Crippen MR) is 96.8 cm³/mol. The summed E-state index contributed by atoms with van der Waals surface area (Å²) in [5.41, 5.74) is 3.30. The summed E-state index contributed by atoms with van der Waals surface area (Å²) < 4.78 is 2.23. The van der Waals surface area contributed by atoms with E-state index in [4.69, 9.17) is 0 Å². The molecule has 1 amide bonds. The molecule has 4 nitrogen and oxygen atoms in total. The predicted octanol–water partition coefficient (Wildman–Crippen LogP) is 5.08. The van der Waals surface area contributed by atoms with Crippen molar-refractivity contribution in [2.45, 2.75) is 66.8 Å². The van der Waals surface area contributed by atoms with Crippen LogP contribution in [0.1, 0.15) is 65.5 Å². The van der Waals surface area contributed by atoms with Crippen molar-refractivity contribution < 1.29 is 4.79 Å². The minimum Gasteiger partial charge on any atom is -0.307 e. The van der Waals surface area contributed by atoms with Crippen LogP contribution in [0.15, 0.2) is 18.2 Å². The van der Waals surface area contributed by atoms with Gasteiger partial charge in [0.05, 0.1) is 11.0 Å². The molecule has 1 aliphatic rings. The summed E-state index contributed by atoms with van der Waals surface area (Å²) in [6.45, 7) is 8.32. The number of hydrogen-bond acceptors (Lipinski definition) is 2. The van der Waals surface area contributed by atoms with Gasteiger partial charge in [0.25, 0.3) is 0 Å². The molecule has 1 aromatic heterocycles. The lowest BCUT2D eigenvalue weighted by Gasteiger charge is -2.29. The zero-order valence-electron chi connectivity index (χ0n) is 13.9. The fourth-order valence-electron chi connectivity index (χ4n) is 2.96. The summed E-state index contributed by atoms with van der Waals surface area (Å²) in [6.07, 6.45) is 4.09. The number of aryl methyl sites for hydroxylation is 1. The van der Waals surface area contributed by atoms with Crippen molar-refractivity contribution >= 4 is 22.9 Å². The monoisotopic (exact) mass is 315 g/mol. The van der Waals surface area contributed by atoms with E-state index in [1.165, 1.54) is 24.8 Å². The Morgan fingerprint density at radius 1 is 1.35 bits per heavy atom. The van der Waals surface area contributed by atoms with Crippen molar-refractivity contribution in [1.29, 1.82) is 0 Å². The van der Waals surface area contributed by atoms with Crippen LogP contribution in [0.5, 0.6) is 0 Å². The Labute approximate surface area is 139 Å². The molecule has 0 atom stereocenters. The van der Waals surface area contributed by atoms with Crippen molar-refractivity contribution in [3.8, 4) is 0 Å². The van der Waals surface area contributed by atoms with Crippen LogP contribution >= 0.6 is 0 Å². The molecule has 1 N–H and O–H groups in total. The van der Waals surface area contributed by atoms with Crippen LogP contribution in [0.3, 0.4) is 0 Å². The van der Waals surface area contributed by atoms with Crippen LogP contribution < -0.4 is 5.32 Å². The molecular weight excluding hydrogens is 286 g/mol. The Morgan fingerprint density at radius 3 is 2.61 bits per heavy atom. The lowest BCUT2D eigenvalue weighted by molar-refractivity contribution is -0.117. The van der Waals surface area contributed by atoms with Gasteiger partial charge >= 0.3 is 0 Å². The number of rotatable bonds is 3. The van der Waals surface area contributed by atoms with E-state index in [1.807, 2.05) is 6.07 Å². The van der Waals surface area contributed by atoms with Gasteiger partial charge in [0, 0.05) is 12.5 Å². The van der Waals surface area contributed by atoms with E-state index in [0.717, 1.165) is 11.0 Å². The Balaban J connectivity index is 0.00000192. The average Bonchev–Trinajstić information content (AvgIpc) is 2.63. The number of anilines is 1. The average molecular weight is 315 g/mol. The molecule has 1 aliphatic carbocycles. The first kappa shape index (κ1) is 17.5. The molecule has 3 rings (SSSR count). The number of fused-ring (bicyclic) bond motifs is 1. The maximum absolute atomic E-state index is 12.3. The Bertz CT molecular complexity index is 705. The van der Waals surface area contributed by atoms with Crippen LogP contribution in [-0.2, 0) is 4.79 Å². The molecule has 4 heteroatoms. The second kappa shape index (κ2) is 6.34. The highest BCUT2D eigenvalue weighted by atomic mass is 16.1. The molecular formula is C19H29N3O. The first-order valence-electron chi connectivity index (χ1n) is 8.12. The van der Waals surface area contributed by atoms with Crippen LogP contribution in [-0.4, -0.2) is 15.5 Å². The maximum Gasteiger partial charge on any atom is 0.227 e.